The predicted molar refractivity (Wildman–Crippen MR) is 366 cm³/mol. The van der Waals surface area contributed by atoms with Crippen molar-refractivity contribution >= 4 is 116 Å². The molecule has 0 spiro atoms. The number of benzene rings is 2. The van der Waals surface area contributed by atoms with E-state index >= 15 is 0 Å². The molecule has 0 bridgehead atoms. The fourth-order valence-electron chi connectivity index (χ4n) is 10.9. The number of thiophene rings is 1. The fourth-order valence-corrected chi connectivity index (χ4v) is 14.0. The summed E-state index contributed by atoms with van der Waals surface area (Å²) in [7, 11) is 2.02. The summed E-state index contributed by atoms with van der Waals surface area (Å²) in [5.41, 5.74) is 40.1. The Morgan fingerprint density at radius 1 is 0.629 bits per heavy atom. The number of carboxylic acid groups (broad SMARTS) is 1. The molecule has 24 N–H and O–H groups in total. The van der Waals surface area contributed by atoms with Gasteiger partial charge < -0.3 is 103 Å². The van der Waals surface area contributed by atoms with Crippen LogP contribution >= 0.6 is 32.9 Å². The van der Waals surface area contributed by atoms with E-state index in [0.717, 1.165) is 26.5 Å². The van der Waals surface area contributed by atoms with Gasteiger partial charge >= 0.3 is 5.97 Å². The summed E-state index contributed by atoms with van der Waals surface area (Å²) < 4.78 is 0. The number of aliphatic imine (C=N–C) groups is 3. The van der Waals surface area contributed by atoms with E-state index in [1.807, 2.05) is 0 Å². The summed E-state index contributed by atoms with van der Waals surface area (Å²) in [4.78, 5) is 170. The SMILES string of the molecule is NC(N)=NCCC[C@@H](N)C(=O)N[C@@H](CCCN=C(N)N)C(=O)N1CCC[C@H]1C(=O)N1C[C@H](O)C[C@H]1C(=O)NCC(=O)N[C@@H](Cc1cccs1)C(=O)N[C@H]1CSSC[C@@H](C(=O)N[C@@H](CCCN=C(N)N)C(=O)O)NC(=O)[C@H](Cc2ccccc2)NC(=O)[C@H](Cc2ccccc2)NC1=O. The van der Waals surface area contributed by atoms with E-state index in [1.165, 1.54) is 16.2 Å². The highest BCUT2D eigenvalue weighted by Crippen LogP contribution is 2.28. The second-order valence-electron chi connectivity index (χ2n) is 23.3. The van der Waals surface area contributed by atoms with Crippen LogP contribution in [0.5, 0.6) is 0 Å². The Balaban J connectivity index is 1.18. The van der Waals surface area contributed by atoms with Crippen molar-refractivity contribution in [3.63, 3.8) is 0 Å². The lowest BCUT2D eigenvalue weighted by molar-refractivity contribution is -0.148. The fraction of sp³-hybridized carbons (Fsp3) is 0.508. The number of aliphatic carboxylic acids is 1. The van der Waals surface area contributed by atoms with Gasteiger partial charge in [0.25, 0.3) is 0 Å². The maximum Gasteiger partial charge on any atom is 0.326 e. The van der Waals surface area contributed by atoms with E-state index in [2.05, 4.69) is 57.5 Å². The van der Waals surface area contributed by atoms with Gasteiger partial charge in [0.15, 0.2) is 17.9 Å². The average molecular weight is 1410 g/mol. The standard InChI is InChI=1S/C61H88N20O13S3/c62-38(17-7-21-69-59(63)64)49(84)74-39(18-8-22-70-60(65)66)56(91)80-24-10-20-46(80)57(92)81-31-36(82)28-47(81)55(90)72-30-48(83)73-43(29-37-16-11-25-95-37)52(87)79-45-33-97-96-32-44(53(88)75-40(58(93)94)19-9-23-71-61(67)68)78-51(86)42(27-35-14-5-2-6-15-35)76-50(85)41(77-54(45)89)26-34-12-3-1-4-13-34/h1-6,11-16,25,36,38-47,82H,7-10,17-24,26-33,62H2,(H,72,90)(H,73,83)(H,74,84)(H,75,88)(H,76,85)(H,77,89)(H,78,86)(H,79,87)(H,93,94)(H4,63,64,69)(H4,65,66,70)(H4,67,68,71)/t36-,38-,39+,40+,41+,42+,43+,44+,45+,46+,47+/m1/s1. The van der Waals surface area contributed by atoms with Crippen LogP contribution in [-0.2, 0) is 72.0 Å². The molecule has 3 aromatic rings. The molecule has 33 nitrogen and oxygen atoms in total. The lowest BCUT2D eigenvalue weighted by Crippen LogP contribution is -2.61. The van der Waals surface area contributed by atoms with Gasteiger partial charge in [-0.25, -0.2) is 4.79 Å². The van der Waals surface area contributed by atoms with Crippen molar-refractivity contribution in [2.24, 2.45) is 55.1 Å². The third kappa shape index (κ3) is 25.4. The number of nitrogens with zero attached hydrogens (tertiary/aromatic N) is 5. The number of carbonyl (C=O) groups excluding carboxylic acids is 10. The first-order valence-corrected chi connectivity index (χ1v) is 34.9. The summed E-state index contributed by atoms with van der Waals surface area (Å²) in [6, 6.07) is 7.72. The molecule has 3 aliphatic rings. The summed E-state index contributed by atoms with van der Waals surface area (Å²) in [6.45, 7) is -0.507. The molecule has 0 aliphatic carbocycles. The lowest BCUT2D eigenvalue weighted by atomic mass is 10.0. The number of aliphatic hydroxyl groups excluding tert-OH is 1. The Morgan fingerprint density at radius 2 is 1.20 bits per heavy atom. The lowest BCUT2D eigenvalue weighted by Gasteiger charge is -2.33. The Bertz CT molecular complexity index is 3270. The molecule has 1 aromatic heterocycles. The number of guanidine groups is 3. The number of nitrogens with one attached hydrogen (secondary N) is 8. The quantitative estimate of drug-likeness (QED) is 0.0124. The van der Waals surface area contributed by atoms with E-state index < -0.39 is 138 Å². The van der Waals surface area contributed by atoms with Crippen LogP contribution in [-0.4, -0.2) is 220 Å². The minimum absolute atomic E-state index is 0.0593. The molecular weight excluding hydrogens is 1320 g/mol. The highest BCUT2D eigenvalue weighted by Gasteiger charge is 2.46. The van der Waals surface area contributed by atoms with Gasteiger partial charge in [0.05, 0.1) is 18.7 Å². The minimum atomic E-state index is -1.45. The monoisotopic (exact) mass is 1400 g/mol. The van der Waals surface area contributed by atoms with E-state index in [4.69, 9.17) is 40.1 Å². The maximum atomic E-state index is 14.7. The van der Waals surface area contributed by atoms with Crippen LogP contribution in [0.2, 0.25) is 0 Å². The smallest absolute Gasteiger partial charge is 0.326 e. The number of amides is 10. The molecule has 36 heteroatoms. The first kappa shape index (κ1) is 76.8. The second kappa shape index (κ2) is 39.1. The van der Waals surface area contributed by atoms with Crippen LogP contribution in [0.4, 0.5) is 0 Å². The van der Waals surface area contributed by atoms with Crippen LogP contribution in [0.15, 0.2) is 93.2 Å². The number of carbonyl (C=O) groups is 11. The zero-order chi connectivity index (χ0) is 70.6. The van der Waals surface area contributed by atoms with Crippen molar-refractivity contribution in [2.45, 2.75) is 144 Å². The molecule has 6 rings (SSSR count). The van der Waals surface area contributed by atoms with Gasteiger partial charge in [-0.3, -0.25) is 62.9 Å². The molecule has 3 aliphatic heterocycles. The van der Waals surface area contributed by atoms with Crippen LogP contribution in [0.1, 0.15) is 73.8 Å². The molecule has 528 valence electrons. The summed E-state index contributed by atoms with van der Waals surface area (Å²) in [5.74, 6) is -10.1. The normalized spacial score (nSPS) is 21.1. The summed E-state index contributed by atoms with van der Waals surface area (Å²) >= 11 is 1.27. The zero-order valence-electron chi connectivity index (χ0n) is 53.4. The number of β-amino-alcohol motifs (C(OH)–C–C–N with tert-alkyl or cyclic N) is 1. The number of likely N-dealkylation sites (tertiary alicyclic amines) is 2. The third-order valence-corrected chi connectivity index (χ3v) is 19.1. The first-order valence-electron chi connectivity index (χ1n) is 31.5. The van der Waals surface area contributed by atoms with Gasteiger partial charge in [0, 0.05) is 74.8 Å². The van der Waals surface area contributed by atoms with Crippen molar-refractivity contribution < 1.29 is 63.0 Å². The summed E-state index contributed by atoms with van der Waals surface area (Å²) in [5, 5.41) is 44.1. The average Bonchev–Trinajstić information content (AvgIpc) is 1.68. The number of hydrogen-bond acceptors (Lipinski definition) is 19. The Hall–Kier alpha value is -9.26. The van der Waals surface area contributed by atoms with Gasteiger partial charge in [-0.05, 0) is 73.9 Å². The largest absolute Gasteiger partial charge is 0.480 e. The molecule has 10 amide bonds. The molecule has 2 aromatic carbocycles. The Kier molecular flexibility index (Phi) is 30.9. The number of aliphatic hydroxyl groups is 1. The van der Waals surface area contributed by atoms with Crippen molar-refractivity contribution in [3.8, 4) is 0 Å². The number of rotatable bonds is 31. The van der Waals surface area contributed by atoms with Gasteiger partial charge in [-0.2, -0.15) is 0 Å². The highest BCUT2D eigenvalue weighted by molar-refractivity contribution is 8.76. The molecule has 0 radical (unpaired) electrons. The molecule has 11 atom stereocenters. The van der Waals surface area contributed by atoms with Crippen LogP contribution in [0, 0.1) is 0 Å². The van der Waals surface area contributed by atoms with Gasteiger partial charge in [-0.1, -0.05) is 88.3 Å². The number of hydrogen-bond donors (Lipinski definition) is 17. The van der Waals surface area contributed by atoms with Gasteiger partial charge in [0.1, 0.15) is 54.4 Å². The number of nitrogens with two attached hydrogens (primary N) is 7. The minimum Gasteiger partial charge on any atom is -0.480 e. The van der Waals surface area contributed by atoms with Gasteiger partial charge in [-0.15, -0.1) is 11.3 Å². The zero-order valence-corrected chi connectivity index (χ0v) is 55.8. The van der Waals surface area contributed by atoms with E-state index in [0.29, 0.717) is 28.8 Å². The van der Waals surface area contributed by atoms with Gasteiger partial charge in [0.2, 0.25) is 59.1 Å². The van der Waals surface area contributed by atoms with Crippen molar-refractivity contribution in [2.75, 3.05) is 50.8 Å². The van der Waals surface area contributed by atoms with Crippen molar-refractivity contribution in [1.29, 1.82) is 0 Å². The molecule has 97 heavy (non-hydrogen) atoms. The molecular formula is C61H88N20O13S3. The number of carboxylic acids is 1. The second-order valence-corrected chi connectivity index (χ2v) is 26.9. The first-order chi connectivity index (χ1) is 46.4. The molecule has 3 saturated heterocycles. The molecule has 4 heterocycles. The highest BCUT2D eigenvalue weighted by atomic mass is 33.1. The Labute approximate surface area is 572 Å². The summed E-state index contributed by atoms with van der Waals surface area (Å²) in [6.07, 6.45) is -0.191. The maximum absolute atomic E-state index is 14.7. The topological polar surface area (TPSA) is 550 Å². The van der Waals surface area contributed by atoms with E-state index in [1.54, 1.807) is 78.2 Å². The molecule has 0 unspecified atom stereocenters. The van der Waals surface area contributed by atoms with E-state index in [9.17, 15) is 63.0 Å². The van der Waals surface area contributed by atoms with Crippen LogP contribution in [0.3, 0.4) is 0 Å². The van der Waals surface area contributed by atoms with Crippen LogP contribution in [0.25, 0.3) is 0 Å². The predicted octanol–water partition coefficient (Wildman–Crippen LogP) is -4.79. The van der Waals surface area contributed by atoms with Crippen molar-refractivity contribution in [3.05, 3.63) is 94.2 Å². The van der Waals surface area contributed by atoms with Crippen molar-refractivity contribution in [1.82, 2.24) is 52.3 Å². The molecule has 3 fully saturated rings. The van der Waals surface area contributed by atoms with E-state index in [-0.39, 0.29) is 126 Å². The third-order valence-electron chi connectivity index (χ3n) is 15.8. The van der Waals surface area contributed by atoms with Crippen LogP contribution < -0.4 is 82.7 Å². The Morgan fingerprint density at radius 3 is 1.77 bits per heavy atom. The molecule has 0 saturated carbocycles.